The lowest BCUT2D eigenvalue weighted by molar-refractivity contribution is 0.145. The lowest BCUT2D eigenvalue weighted by Crippen LogP contribution is -2.38. The number of hydrogen-bond acceptors (Lipinski definition) is 3. The number of ether oxygens (including phenoxy) is 2. The molecule has 0 bridgehead atoms. The minimum Gasteiger partial charge on any atom is -0.489 e. The van der Waals surface area contributed by atoms with Crippen molar-refractivity contribution in [3.8, 4) is 5.75 Å². The fourth-order valence-electron chi connectivity index (χ4n) is 2.05. The Kier molecular flexibility index (Phi) is 13.7. The highest BCUT2D eigenvalue weighted by molar-refractivity contribution is 14.0. The Morgan fingerprint density at radius 3 is 2.71 bits per heavy atom. The summed E-state index contributed by atoms with van der Waals surface area (Å²) in [5.41, 5.74) is 1.20. The SMILES string of the molecule is CCNC(=NCC(C)Oc1cccc(C)c1)NCCCOCC.I. The number of nitrogens with zero attached hydrogens (tertiary/aromatic N) is 1. The third kappa shape index (κ3) is 10.7. The highest BCUT2D eigenvalue weighted by Gasteiger charge is 2.04. The lowest BCUT2D eigenvalue weighted by Gasteiger charge is -2.15. The van der Waals surface area contributed by atoms with Crippen LogP contribution in [-0.2, 0) is 4.74 Å². The fourth-order valence-corrected chi connectivity index (χ4v) is 2.05. The van der Waals surface area contributed by atoms with E-state index in [0.717, 1.165) is 44.4 Å². The molecule has 6 heteroatoms. The van der Waals surface area contributed by atoms with Gasteiger partial charge in [0, 0.05) is 26.3 Å². The van der Waals surface area contributed by atoms with E-state index < -0.39 is 0 Å². The second-order valence-corrected chi connectivity index (χ2v) is 5.44. The number of benzene rings is 1. The van der Waals surface area contributed by atoms with Crippen molar-refractivity contribution in [2.24, 2.45) is 4.99 Å². The molecule has 0 saturated carbocycles. The van der Waals surface area contributed by atoms with Crippen molar-refractivity contribution >= 4 is 29.9 Å². The van der Waals surface area contributed by atoms with Gasteiger partial charge in [0.15, 0.2) is 5.96 Å². The molecule has 0 aliphatic heterocycles. The zero-order valence-electron chi connectivity index (χ0n) is 15.3. The minimum atomic E-state index is 0. The molecule has 1 rings (SSSR count). The molecule has 1 atom stereocenters. The van der Waals surface area contributed by atoms with Crippen molar-refractivity contribution in [1.29, 1.82) is 0 Å². The topological polar surface area (TPSA) is 54.9 Å². The molecule has 0 radical (unpaired) electrons. The highest BCUT2D eigenvalue weighted by Crippen LogP contribution is 2.14. The molecule has 24 heavy (non-hydrogen) atoms. The first kappa shape index (κ1) is 23.0. The predicted octanol–water partition coefficient (Wildman–Crippen LogP) is 3.36. The largest absolute Gasteiger partial charge is 0.489 e. The van der Waals surface area contributed by atoms with Gasteiger partial charge in [0.05, 0.1) is 6.54 Å². The molecule has 5 nitrogen and oxygen atoms in total. The number of guanidine groups is 1. The summed E-state index contributed by atoms with van der Waals surface area (Å²) in [6.07, 6.45) is 0.990. The van der Waals surface area contributed by atoms with E-state index in [1.165, 1.54) is 5.56 Å². The van der Waals surface area contributed by atoms with E-state index in [1.807, 2.05) is 32.0 Å². The van der Waals surface area contributed by atoms with Crippen LogP contribution >= 0.6 is 24.0 Å². The number of aliphatic imine (C=N–C) groups is 1. The molecular weight excluding hydrogens is 417 g/mol. The standard InChI is InChI=1S/C18H31N3O2.HI/c1-5-19-18(20-11-8-12-22-6-2)21-14-16(4)23-17-10-7-9-15(3)13-17;/h7,9-10,13,16H,5-6,8,11-12,14H2,1-4H3,(H2,19,20,21);1H. The second-order valence-electron chi connectivity index (χ2n) is 5.44. The van der Waals surface area contributed by atoms with Crippen LogP contribution < -0.4 is 15.4 Å². The normalized spacial score (nSPS) is 12.2. The van der Waals surface area contributed by atoms with E-state index in [4.69, 9.17) is 9.47 Å². The predicted molar refractivity (Wildman–Crippen MR) is 112 cm³/mol. The Morgan fingerprint density at radius 2 is 2.04 bits per heavy atom. The van der Waals surface area contributed by atoms with Crippen LogP contribution in [0, 0.1) is 6.92 Å². The molecule has 0 aliphatic rings. The van der Waals surface area contributed by atoms with Crippen LogP contribution in [0.1, 0.15) is 32.8 Å². The molecule has 0 spiro atoms. The van der Waals surface area contributed by atoms with Crippen molar-refractivity contribution in [3.05, 3.63) is 29.8 Å². The average Bonchev–Trinajstić information content (AvgIpc) is 2.52. The zero-order valence-corrected chi connectivity index (χ0v) is 17.6. The van der Waals surface area contributed by atoms with Gasteiger partial charge in [0.25, 0.3) is 0 Å². The van der Waals surface area contributed by atoms with Gasteiger partial charge in [-0.15, -0.1) is 24.0 Å². The Morgan fingerprint density at radius 1 is 1.25 bits per heavy atom. The van der Waals surface area contributed by atoms with Gasteiger partial charge in [-0.3, -0.25) is 0 Å². The van der Waals surface area contributed by atoms with Crippen molar-refractivity contribution in [3.63, 3.8) is 0 Å². The third-order valence-electron chi connectivity index (χ3n) is 3.14. The molecule has 2 N–H and O–H groups in total. The highest BCUT2D eigenvalue weighted by atomic mass is 127. The lowest BCUT2D eigenvalue weighted by atomic mass is 10.2. The Bertz CT molecular complexity index is 469. The fraction of sp³-hybridized carbons (Fsp3) is 0.611. The Balaban J connectivity index is 0.00000529. The molecule has 138 valence electrons. The van der Waals surface area contributed by atoms with Crippen LogP contribution in [0.5, 0.6) is 5.75 Å². The molecule has 0 fully saturated rings. The summed E-state index contributed by atoms with van der Waals surface area (Å²) in [7, 11) is 0. The molecule has 0 saturated heterocycles. The van der Waals surface area contributed by atoms with Crippen molar-refractivity contribution in [2.75, 3.05) is 32.8 Å². The monoisotopic (exact) mass is 449 g/mol. The van der Waals surface area contributed by atoms with Crippen LogP contribution in [-0.4, -0.2) is 44.9 Å². The van der Waals surface area contributed by atoms with Gasteiger partial charge in [0.1, 0.15) is 11.9 Å². The number of aryl methyl sites for hydroxylation is 1. The summed E-state index contributed by atoms with van der Waals surface area (Å²) in [5, 5.41) is 6.56. The number of rotatable bonds is 10. The number of halogens is 1. The summed E-state index contributed by atoms with van der Waals surface area (Å²) in [4.78, 5) is 4.58. The first-order chi connectivity index (χ1) is 11.2. The van der Waals surface area contributed by atoms with E-state index in [1.54, 1.807) is 0 Å². The third-order valence-corrected chi connectivity index (χ3v) is 3.14. The van der Waals surface area contributed by atoms with Gasteiger partial charge in [-0.1, -0.05) is 12.1 Å². The maximum atomic E-state index is 5.90. The maximum absolute atomic E-state index is 5.90. The quantitative estimate of drug-likeness (QED) is 0.249. The van der Waals surface area contributed by atoms with Gasteiger partial charge in [-0.2, -0.15) is 0 Å². The second kappa shape index (κ2) is 14.3. The van der Waals surface area contributed by atoms with Crippen LogP contribution in [0.15, 0.2) is 29.3 Å². The summed E-state index contributed by atoms with van der Waals surface area (Å²) >= 11 is 0. The first-order valence-electron chi connectivity index (χ1n) is 8.49. The van der Waals surface area contributed by atoms with Gasteiger partial charge < -0.3 is 20.1 Å². The van der Waals surface area contributed by atoms with Crippen LogP contribution in [0.2, 0.25) is 0 Å². The van der Waals surface area contributed by atoms with Gasteiger partial charge in [-0.05, 0) is 51.8 Å². The zero-order chi connectivity index (χ0) is 16.9. The molecule has 1 aromatic carbocycles. The Labute approximate surface area is 163 Å². The molecular formula is C18H32IN3O2. The molecule has 0 aromatic heterocycles. The van der Waals surface area contributed by atoms with Crippen molar-refractivity contribution < 1.29 is 9.47 Å². The van der Waals surface area contributed by atoms with E-state index >= 15 is 0 Å². The maximum Gasteiger partial charge on any atom is 0.191 e. The van der Waals surface area contributed by atoms with Crippen LogP contribution in [0.4, 0.5) is 0 Å². The van der Waals surface area contributed by atoms with Gasteiger partial charge in [-0.25, -0.2) is 4.99 Å². The van der Waals surface area contributed by atoms with Crippen molar-refractivity contribution in [1.82, 2.24) is 10.6 Å². The summed E-state index contributed by atoms with van der Waals surface area (Å²) in [6, 6.07) is 8.08. The molecule has 1 unspecified atom stereocenters. The summed E-state index contributed by atoms with van der Waals surface area (Å²) < 4.78 is 11.2. The number of nitrogens with one attached hydrogen (secondary N) is 2. The molecule has 0 amide bonds. The van der Waals surface area contributed by atoms with Crippen molar-refractivity contribution in [2.45, 2.75) is 40.2 Å². The van der Waals surface area contributed by atoms with Gasteiger partial charge in [0.2, 0.25) is 0 Å². The molecule has 0 aliphatic carbocycles. The summed E-state index contributed by atoms with van der Waals surface area (Å²) in [6.45, 7) is 12.0. The van der Waals surface area contributed by atoms with E-state index in [-0.39, 0.29) is 30.1 Å². The van der Waals surface area contributed by atoms with Crippen LogP contribution in [0.3, 0.4) is 0 Å². The van der Waals surface area contributed by atoms with E-state index in [9.17, 15) is 0 Å². The minimum absolute atomic E-state index is 0. The summed E-state index contributed by atoms with van der Waals surface area (Å²) in [5.74, 6) is 1.71. The average molecular weight is 449 g/mol. The first-order valence-corrected chi connectivity index (χ1v) is 8.49. The number of hydrogen-bond donors (Lipinski definition) is 2. The van der Waals surface area contributed by atoms with E-state index in [0.29, 0.717) is 6.54 Å². The van der Waals surface area contributed by atoms with Gasteiger partial charge >= 0.3 is 0 Å². The van der Waals surface area contributed by atoms with E-state index in [2.05, 4.69) is 35.5 Å². The Hall–Kier alpha value is -1.02. The van der Waals surface area contributed by atoms with Crippen LogP contribution in [0.25, 0.3) is 0 Å². The molecule has 1 aromatic rings. The molecule has 0 heterocycles. The smallest absolute Gasteiger partial charge is 0.191 e.